The van der Waals surface area contributed by atoms with Gasteiger partial charge in [-0.3, -0.25) is 10.4 Å². The second kappa shape index (κ2) is 6.22. The van der Waals surface area contributed by atoms with Crippen molar-refractivity contribution < 1.29 is 0 Å². The van der Waals surface area contributed by atoms with E-state index in [1.807, 2.05) is 48.8 Å². The number of hydrazone groups is 1. The number of hydrogen-bond acceptors (Lipinski definition) is 3. The molecular formula is C19H17N3. The highest BCUT2D eigenvalue weighted by atomic mass is 15.3. The third-order valence-electron chi connectivity index (χ3n) is 3.59. The number of benzene rings is 1. The highest BCUT2D eigenvalue weighted by molar-refractivity contribution is 6.12. The largest absolute Gasteiger partial charge is 0.286 e. The molecule has 1 aromatic heterocycles. The van der Waals surface area contributed by atoms with Crippen molar-refractivity contribution in [1.82, 2.24) is 10.4 Å². The number of nitrogens with zero attached hydrogens (tertiary/aromatic N) is 2. The molecule has 3 rings (SSSR count). The number of hydrogen-bond donors (Lipinski definition) is 1. The molecule has 0 bridgehead atoms. The molecule has 0 amide bonds. The lowest BCUT2D eigenvalue weighted by Crippen LogP contribution is -2.08. The molecule has 22 heavy (non-hydrogen) atoms. The summed E-state index contributed by atoms with van der Waals surface area (Å²) in [4.78, 5) is 4.51. The van der Waals surface area contributed by atoms with Gasteiger partial charge >= 0.3 is 0 Å². The summed E-state index contributed by atoms with van der Waals surface area (Å²) in [5.41, 5.74) is 8.93. The van der Waals surface area contributed by atoms with Crippen LogP contribution in [0.5, 0.6) is 0 Å². The van der Waals surface area contributed by atoms with E-state index in [1.165, 1.54) is 0 Å². The third kappa shape index (κ3) is 2.74. The minimum absolute atomic E-state index is 0.896. The second-order valence-electron chi connectivity index (χ2n) is 5.06. The van der Waals surface area contributed by atoms with Crippen molar-refractivity contribution in [3.8, 4) is 0 Å². The lowest BCUT2D eigenvalue weighted by Gasteiger charge is -2.17. The zero-order valence-electron chi connectivity index (χ0n) is 12.5. The summed E-state index contributed by atoms with van der Waals surface area (Å²) in [6, 6.07) is 16.0. The van der Waals surface area contributed by atoms with Crippen LogP contribution in [-0.4, -0.2) is 11.2 Å². The molecule has 0 radical (unpaired) electrons. The maximum absolute atomic E-state index is 4.51. The highest BCUT2D eigenvalue weighted by Crippen LogP contribution is 2.33. The van der Waals surface area contributed by atoms with Crippen LogP contribution in [0.2, 0.25) is 0 Å². The Morgan fingerprint density at radius 1 is 1.05 bits per heavy atom. The van der Waals surface area contributed by atoms with E-state index in [0.29, 0.717) is 0 Å². The lowest BCUT2D eigenvalue weighted by molar-refractivity contribution is 0.948. The fourth-order valence-electron chi connectivity index (χ4n) is 2.43. The molecule has 0 fully saturated rings. The topological polar surface area (TPSA) is 37.3 Å². The Labute approximate surface area is 130 Å². The third-order valence-corrected chi connectivity index (χ3v) is 3.59. The Morgan fingerprint density at radius 3 is 2.50 bits per heavy atom. The molecule has 0 atom stereocenters. The minimum atomic E-state index is 0.896. The van der Waals surface area contributed by atoms with Crippen LogP contribution in [0.3, 0.4) is 0 Å². The van der Waals surface area contributed by atoms with E-state index < -0.39 is 0 Å². The maximum Gasteiger partial charge on any atom is 0.0714 e. The molecule has 0 saturated heterocycles. The monoisotopic (exact) mass is 287 g/mol. The van der Waals surface area contributed by atoms with Crippen LogP contribution in [0.15, 0.2) is 83.8 Å². The van der Waals surface area contributed by atoms with Crippen LogP contribution in [0, 0.1) is 0 Å². The van der Waals surface area contributed by atoms with Crippen LogP contribution < -0.4 is 5.43 Å². The fraction of sp³-hybridized carbons (Fsp3) is 0.0526. The lowest BCUT2D eigenvalue weighted by atomic mass is 9.90. The van der Waals surface area contributed by atoms with E-state index in [2.05, 4.69) is 41.1 Å². The van der Waals surface area contributed by atoms with Crippen molar-refractivity contribution in [2.45, 2.75) is 6.92 Å². The summed E-state index contributed by atoms with van der Waals surface area (Å²) in [5, 5.41) is 4.15. The van der Waals surface area contributed by atoms with E-state index in [-0.39, 0.29) is 0 Å². The molecule has 1 aliphatic heterocycles. The molecule has 1 N–H and O–H groups in total. The van der Waals surface area contributed by atoms with E-state index >= 15 is 0 Å². The normalized spacial score (nSPS) is 15.8. The summed E-state index contributed by atoms with van der Waals surface area (Å²) in [7, 11) is 0. The summed E-state index contributed by atoms with van der Waals surface area (Å²) < 4.78 is 0. The molecule has 1 aliphatic rings. The summed E-state index contributed by atoms with van der Waals surface area (Å²) >= 11 is 0. The van der Waals surface area contributed by atoms with Gasteiger partial charge in [-0.25, -0.2) is 0 Å². The fourth-order valence-corrected chi connectivity index (χ4v) is 2.43. The van der Waals surface area contributed by atoms with Gasteiger partial charge in [0.15, 0.2) is 0 Å². The van der Waals surface area contributed by atoms with Gasteiger partial charge in [0.05, 0.1) is 11.9 Å². The molecule has 2 heterocycles. The van der Waals surface area contributed by atoms with E-state index in [1.54, 1.807) is 6.20 Å². The molecule has 0 aliphatic carbocycles. The Bertz CT molecular complexity index is 769. The van der Waals surface area contributed by atoms with E-state index in [9.17, 15) is 0 Å². The molecule has 2 aromatic rings. The Hall–Kier alpha value is -2.94. The average molecular weight is 287 g/mol. The Morgan fingerprint density at radius 2 is 1.82 bits per heavy atom. The van der Waals surface area contributed by atoms with Crippen LogP contribution >= 0.6 is 0 Å². The van der Waals surface area contributed by atoms with Crippen LogP contribution in [0.4, 0.5) is 0 Å². The standard InChI is InChI=1S/C19H17N3/c1-14-12-21-22-13-17(14)19(18-10-6-7-11-20-18)15(2)16-8-4-3-5-9-16/h3-13,21H,2H2,1H3. The molecule has 3 nitrogen and oxygen atoms in total. The van der Waals surface area contributed by atoms with E-state index in [4.69, 9.17) is 0 Å². The number of rotatable bonds is 3. The van der Waals surface area contributed by atoms with Gasteiger partial charge in [0.2, 0.25) is 0 Å². The van der Waals surface area contributed by atoms with Crippen LogP contribution in [0.1, 0.15) is 18.2 Å². The molecule has 108 valence electrons. The predicted molar refractivity (Wildman–Crippen MR) is 92.0 cm³/mol. The van der Waals surface area contributed by atoms with Gasteiger partial charge in [0, 0.05) is 23.5 Å². The molecule has 0 saturated carbocycles. The smallest absolute Gasteiger partial charge is 0.0714 e. The number of nitrogens with one attached hydrogen (secondary N) is 1. The molecular weight excluding hydrogens is 270 g/mol. The van der Waals surface area contributed by atoms with Gasteiger partial charge in [0.25, 0.3) is 0 Å². The first-order valence-electron chi connectivity index (χ1n) is 7.13. The molecule has 0 unspecified atom stereocenters. The Balaban J connectivity index is 2.19. The van der Waals surface area contributed by atoms with Crippen molar-refractivity contribution in [3.05, 3.63) is 89.9 Å². The van der Waals surface area contributed by atoms with Crippen molar-refractivity contribution in [1.29, 1.82) is 0 Å². The van der Waals surface area contributed by atoms with Gasteiger partial charge in [-0.1, -0.05) is 43.0 Å². The van der Waals surface area contributed by atoms with E-state index in [0.717, 1.165) is 33.5 Å². The first-order valence-corrected chi connectivity index (χ1v) is 7.13. The number of pyridine rings is 1. The highest BCUT2D eigenvalue weighted by Gasteiger charge is 2.16. The van der Waals surface area contributed by atoms with Gasteiger partial charge in [0.1, 0.15) is 0 Å². The first-order chi connectivity index (χ1) is 10.8. The average Bonchev–Trinajstić information content (AvgIpc) is 2.58. The van der Waals surface area contributed by atoms with Crippen LogP contribution in [-0.2, 0) is 0 Å². The number of aromatic nitrogens is 1. The van der Waals surface area contributed by atoms with Gasteiger partial charge in [-0.2, -0.15) is 5.10 Å². The summed E-state index contributed by atoms with van der Waals surface area (Å²) in [6.07, 6.45) is 5.51. The minimum Gasteiger partial charge on any atom is -0.286 e. The van der Waals surface area contributed by atoms with Crippen molar-refractivity contribution >= 4 is 17.4 Å². The van der Waals surface area contributed by atoms with Gasteiger partial charge < -0.3 is 0 Å². The predicted octanol–water partition coefficient (Wildman–Crippen LogP) is 4.04. The van der Waals surface area contributed by atoms with Gasteiger partial charge in [-0.15, -0.1) is 0 Å². The van der Waals surface area contributed by atoms with Crippen molar-refractivity contribution in [2.24, 2.45) is 5.10 Å². The van der Waals surface area contributed by atoms with Gasteiger partial charge in [-0.05, 0) is 35.8 Å². The number of allylic oxidation sites excluding steroid dienone is 4. The second-order valence-corrected chi connectivity index (χ2v) is 5.06. The van der Waals surface area contributed by atoms with Crippen LogP contribution in [0.25, 0.3) is 11.1 Å². The molecule has 0 spiro atoms. The quantitative estimate of drug-likeness (QED) is 0.925. The van der Waals surface area contributed by atoms with Crippen molar-refractivity contribution in [3.63, 3.8) is 0 Å². The zero-order valence-corrected chi connectivity index (χ0v) is 12.5. The zero-order chi connectivity index (χ0) is 15.4. The SMILES string of the molecule is C=C(C(=C1C=NNC=C1C)c1ccccn1)c1ccccc1. The summed E-state index contributed by atoms with van der Waals surface area (Å²) in [5.74, 6) is 0. The Kier molecular flexibility index (Phi) is 3.97. The molecule has 1 aromatic carbocycles. The van der Waals surface area contributed by atoms with Crippen molar-refractivity contribution in [2.75, 3.05) is 0 Å². The maximum atomic E-state index is 4.51. The molecule has 3 heteroatoms. The first kappa shape index (κ1) is 14.0. The summed E-state index contributed by atoms with van der Waals surface area (Å²) in [6.45, 7) is 6.35.